The second-order valence-electron chi connectivity index (χ2n) is 7.18. The molecule has 1 unspecified atom stereocenters. The van der Waals surface area contributed by atoms with Gasteiger partial charge < -0.3 is 9.64 Å². The number of benzene rings is 2. The van der Waals surface area contributed by atoms with Crippen molar-refractivity contribution in [1.29, 1.82) is 0 Å². The summed E-state index contributed by atoms with van der Waals surface area (Å²) in [6, 6.07) is 13.8. The molecular weight excluding hydrogens is 380 g/mol. The van der Waals surface area contributed by atoms with Crippen molar-refractivity contribution in [3.05, 3.63) is 58.1 Å². The van der Waals surface area contributed by atoms with Crippen molar-refractivity contribution in [3.63, 3.8) is 0 Å². The summed E-state index contributed by atoms with van der Waals surface area (Å²) < 4.78 is 7.11. The van der Waals surface area contributed by atoms with Crippen LogP contribution in [0, 0.1) is 0 Å². The average Bonchev–Trinajstić information content (AvgIpc) is 3.31. The van der Waals surface area contributed by atoms with Crippen LogP contribution in [-0.2, 0) is 11.2 Å². The van der Waals surface area contributed by atoms with E-state index in [0.717, 1.165) is 42.8 Å². The van der Waals surface area contributed by atoms with Gasteiger partial charge in [0.2, 0.25) is 0 Å². The zero-order valence-corrected chi connectivity index (χ0v) is 16.3. The van der Waals surface area contributed by atoms with Crippen LogP contribution in [0.2, 0.25) is 5.02 Å². The van der Waals surface area contributed by atoms with Gasteiger partial charge in [-0.15, -0.1) is 11.3 Å². The van der Waals surface area contributed by atoms with E-state index in [1.807, 2.05) is 23.1 Å². The van der Waals surface area contributed by atoms with Crippen molar-refractivity contribution >= 4 is 39.1 Å². The third-order valence-corrected chi connectivity index (χ3v) is 6.87. The molecule has 3 heterocycles. The van der Waals surface area contributed by atoms with Gasteiger partial charge in [-0.3, -0.25) is 4.79 Å². The smallest absolute Gasteiger partial charge is 0.263 e. The molecule has 0 saturated carbocycles. The maximum atomic E-state index is 12.9. The van der Waals surface area contributed by atoms with Crippen LogP contribution in [0.3, 0.4) is 0 Å². The highest BCUT2D eigenvalue weighted by molar-refractivity contribution is 7.18. The van der Waals surface area contributed by atoms with Gasteiger partial charge in [-0.1, -0.05) is 23.7 Å². The molecular formula is C21H19ClN2O2S. The molecule has 27 heavy (non-hydrogen) atoms. The number of likely N-dealkylation sites (tertiary alicyclic amines) is 1. The molecule has 0 bridgehead atoms. The van der Waals surface area contributed by atoms with Crippen molar-refractivity contribution in [2.45, 2.75) is 31.3 Å². The summed E-state index contributed by atoms with van der Waals surface area (Å²) in [6.07, 6.45) is 2.10. The van der Waals surface area contributed by atoms with Gasteiger partial charge in [0, 0.05) is 30.5 Å². The van der Waals surface area contributed by atoms with Gasteiger partial charge in [0.15, 0.2) is 6.10 Å². The van der Waals surface area contributed by atoms with Crippen LogP contribution < -0.4 is 4.74 Å². The van der Waals surface area contributed by atoms with Gasteiger partial charge in [-0.05, 0) is 48.7 Å². The van der Waals surface area contributed by atoms with E-state index < -0.39 is 6.10 Å². The number of halogens is 1. The van der Waals surface area contributed by atoms with Crippen LogP contribution in [0.25, 0.3) is 10.2 Å². The Labute approximate surface area is 166 Å². The Morgan fingerprint density at radius 3 is 2.81 bits per heavy atom. The van der Waals surface area contributed by atoms with E-state index in [2.05, 4.69) is 18.2 Å². The number of hydrogen-bond acceptors (Lipinski definition) is 4. The van der Waals surface area contributed by atoms with Crippen molar-refractivity contribution in [1.82, 2.24) is 9.88 Å². The number of para-hydroxylation sites is 1. The quantitative estimate of drug-likeness (QED) is 0.630. The van der Waals surface area contributed by atoms with E-state index in [1.54, 1.807) is 17.4 Å². The van der Waals surface area contributed by atoms with Gasteiger partial charge in [0.25, 0.3) is 5.91 Å². The summed E-state index contributed by atoms with van der Waals surface area (Å²) in [5, 5.41) is 1.88. The zero-order chi connectivity index (χ0) is 18.4. The Morgan fingerprint density at radius 1 is 1.19 bits per heavy atom. The lowest BCUT2D eigenvalue weighted by Crippen LogP contribution is -2.45. The molecule has 2 aliphatic heterocycles. The number of piperidine rings is 1. The zero-order valence-electron chi connectivity index (χ0n) is 14.7. The van der Waals surface area contributed by atoms with E-state index in [-0.39, 0.29) is 5.91 Å². The lowest BCUT2D eigenvalue weighted by Gasteiger charge is -2.32. The molecule has 6 heteroatoms. The number of rotatable bonds is 2. The number of hydrogen-bond donors (Lipinski definition) is 0. The topological polar surface area (TPSA) is 42.4 Å². The summed E-state index contributed by atoms with van der Waals surface area (Å²) in [7, 11) is 0. The maximum Gasteiger partial charge on any atom is 0.263 e. The van der Waals surface area contributed by atoms with Gasteiger partial charge >= 0.3 is 0 Å². The predicted molar refractivity (Wildman–Crippen MR) is 108 cm³/mol. The molecule has 0 aliphatic carbocycles. The molecule has 5 rings (SSSR count). The average molecular weight is 399 g/mol. The van der Waals surface area contributed by atoms with Gasteiger partial charge in [0.1, 0.15) is 5.75 Å². The van der Waals surface area contributed by atoms with Gasteiger partial charge in [-0.2, -0.15) is 0 Å². The molecule has 0 spiro atoms. The first kappa shape index (κ1) is 17.0. The maximum absolute atomic E-state index is 12.9. The molecule has 1 aromatic heterocycles. The first-order valence-electron chi connectivity index (χ1n) is 9.27. The summed E-state index contributed by atoms with van der Waals surface area (Å²) in [6.45, 7) is 1.52. The van der Waals surface area contributed by atoms with Crippen LogP contribution in [0.1, 0.15) is 29.3 Å². The minimum absolute atomic E-state index is 0.0880. The van der Waals surface area contributed by atoms with Crippen LogP contribution >= 0.6 is 22.9 Å². The van der Waals surface area contributed by atoms with E-state index in [1.165, 1.54) is 9.71 Å². The van der Waals surface area contributed by atoms with E-state index in [4.69, 9.17) is 21.3 Å². The van der Waals surface area contributed by atoms with Crippen molar-refractivity contribution in [2.24, 2.45) is 0 Å². The Hall–Kier alpha value is -2.11. The molecule has 1 atom stereocenters. The SMILES string of the molecule is O=C(C1Cc2cc(Cl)ccc2O1)N1CCC(c2nc3ccccc3s2)CC1. The number of carbonyl (C=O) groups excluding carboxylic acids is 1. The minimum Gasteiger partial charge on any atom is -0.480 e. The number of fused-ring (bicyclic) bond motifs is 2. The third kappa shape index (κ3) is 3.19. The predicted octanol–water partition coefficient (Wildman–Crippen LogP) is 4.66. The lowest BCUT2D eigenvalue weighted by atomic mass is 9.97. The van der Waals surface area contributed by atoms with Crippen molar-refractivity contribution in [2.75, 3.05) is 13.1 Å². The highest BCUT2D eigenvalue weighted by Crippen LogP contribution is 2.35. The fourth-order valence-corrected chi connectivity index (χ4v) is 5.30. The number of ether oxygens (including phenoxy) is 1. The van der Waals surface area contributed by atoms with Crippen molar-refractivity contribution in [3.8, 4) is 5.75 Å². The van der Waals surface area contributed by atoms with Crippen LogP contribution in [0.5, 0.6) is 5.75 Å². The largest absolute Gasteiger partial charge is 0.480 e. The fraction of sp³-hybridized carbons (Fsp3) is 0.333. The summed E-state index contributed by atoms with van der Waals surface area (Å²) >= 11 is 7.83. The lowest BCUT2D eigenvalue weighted by molar-refractivity contribution is -0.139. The number of nitrogens with zero attached hydrogens (tertiary/aromatic N) is 2. The summed E-state index contributed by atoms with van der Waals surface area (Å²) in [5.74, 6) is 1.30. The standard InChI is InChI=1S/C21H19ClN2O2S/c22-15-5-6-17-14(11-15)12-18(26-17)21(25)24-9-7-13(8-10-24)20-23-16-3-1-2-4-19(16)27-20/h1-6,11,13,18H,7-10,12H2. The van der Waals surface area contributed by atoms with Gasteiger partial charge in [0.05, 0.1) is 15.2 Å². The molecule has 2 aromatic carbocycles. The van der Waals surface area contributed by atoms with E-state index in [9.17, 15) is 4.79 Å². The number of amides is 1. The second kappa shape index (κ2) is 6.80. The molecule has 138 valence electrons. The molecule has 0 N–H and O–H groups in total. The number of thiazole rings is 1. The molecule has 1 amide bonds. The minimum atomic E-state index is -0.419. The Balaban J connectivity index is 1.23. The first-order valence-corrected chi connectivity index (χ1v) is 10.5. The Kier molecular flexibility index (Phi) is 4.29. The molecule has 0 radical (unpaired) electrons. The number of aromatic nitrogens is 1. The van der Waals surface area contributed by atoms with Crippen molar-refractivity contribution < 1.29 is 9.53 Å². The van der Waals surface area contributed by atoms with Crippen LogP contribution in [0.4, 0.5) is 0 Å². The highest BCUT2D eigenvalue weighted by atomic mass is 35.5. The second-order valence-corrected chi connectivity index (χ2v) is 8.68. The molecule has 3 aromatic rings. The van der Waals surface area contributed by atoms with Crippen LogP contribution in [0.15, 0.2) is 42.5 Å². The van der Waals surface area contributed by atoms with Crippen LogP contribution in [-0.4, -0.2) is 35.0 Å². The number of carbonyl (C=O) groups is 1. The molecule has 1 fully saturated rings. The Morgan fingerprint density at radius 2 is 2.00 bits per heavy atom. The molecule has 4 nitrogen and oxygen atoms in total. The summed E-state index contributed by atoms with van der Waals surface area (Å²) in [5.41, 5.74) is 2.09. The van der Waals surface area contributed by atoms with E-state index in [0.29, 0.717) is 17.4 Å². The molecule has 1 saturated heterocycles. The van der Waals surface area contributed by atoms with Gasteiger partial charge in [-0.25, -0.2) is 4.98 Å². The monoisotopic (exact) mass is 398 g/mol. The highest BCUT2D eigenvalue weighted by Gasteiger charge is 2.34. The third-order valence-electron chi connectivity index (χ3n) is 5.44. The fourth-order valence-electron chi connectivity index (χ4n) is 3.97. The summed E-state index contributed by atoms with van der Waals surface area (Å²) in [4.78, 5) is 19.6. The van der Waals surface area contributed by atoms with E-state index >= 15 is 0 Å². The normalized spacial score (nSPS) is 19.9. The molecule has 2 aliphatic rings. The first-order chi connectivity index (χ1) is 13.2. The Bertz CT molecular complexity index is 977.